The third kappa shape index (κ3) is 2.90. The van der Waals surface area contributed by atoms with Crippen molar-refractivity contribution in [2.75, 3.05) is 13.1 Å². The molecule has 3 rings (SSSR count). The van der Waals surface area contributed by atoms with Gasteiger partial charge in [0.2, 0.25) is 5.91 Å². The van der Waals surface area contributed by atoms with Gasteiger partial charge >= 0.3 is 0 Å². The first-order valence-corrected chi connectivity index (χ1v) is 7.67. The molecule has 4 nitrogen and oxygen atoms in total. The molecular weight excluding hydrogens is 276 g/mol. The van der Waals surface area contributed by atoms with E-state index in [0.29, 0.717) is 23.2 Å². The highest BCUT2D eigenvalue weighted by molar-refractivity contribution is 6.31. The van der Waals surface area contributed by atoms with Gasteiger partial charge < -0.3 is 9.64 Å². The molecule has 1 aliphatic heterocycles. The third-order valence-corrected chi connectivity index (χ3v) is 4.46. The molecule has 0 aromatic carbocycles. The number of likely N-dealkylation sites (tertiary alicyclic amines) is 1. The molecule has 1 aliphatic carbocycles. The molecular formula is C15H19ClN2O2. The van der Waals surface area contributed by atoms with Gasteiger partial charge in [0.15, 0.2) is 0 Å². The fourth-order valence-corrected chi connectivity index (χ4v) is 2.95. The Hall–Kier alpha value is -1.29. The van der Waals surface area contributed by atoms with Gasteiger partial charge in [-0.1, -0.05) is 18.0 Å². The molecule has 2 heterocycles. The SMILES string of the molecule is O=C(C1CCC1)N1CCC[C@@H](Oc2ccncc2Cl)C1. The van der Waals surface area contributed by atoms with E-state index in [0.717, 1.165) is 32.2 Å². The summed E-state index contributed by atoms with van der Waals surface area (Å²) in [6, 6.07) is 1.77. The number of halogens is 1. The summed E-state index contributed by atoms with van der Waals surface area (Å²) in [6.45, 7) is 1.53. The van der Waals surface area contributed by atoms with Gasteiger partial charge in [-0.25, -0.2) is 0 Å². The highest BCUT2D eigenvalue weighted by Gasteiger charge is 2.32. The lowest BCUT2D eigenvalue weighted by Crippen LogP contribution is -2.47. The summed E-state index contributed by atoms with van der Waals surface area (Å²) in [5.74, 6) is 1.23. The molecule has 1 aromatic heterocycles. The molecule has 1 saturated heterocycles. The molecule has 0 radical (unpaired) electrons. The molecule has 108 valence electrons. The zero-order valence-corrected chi connectivity index (χ0v) is 12.2. The van der Waals surface area contributed by atoms with Crippen molar-refractivity contribution in [3.8, 4) is 5.75 Å². The second-order valence-corrected chi connectivity index (χ2v) is 6.01. The van der Waals surface area contributed by atoms with Crippen LogP contribution < -0.4 is 4.74 Å². The molecule has 0 unspecified atom stereocenters. The fourth-order valence-electron chi connectivity index (χ4n) is 2.79. The standard InChI is InChI=1S/C15H19ClN2O2/c16-13-9-17-7-6-14(13)20-12-5-2-8-18(10-12)15(19)11-3-1-4-11/h6-7,9,11-12H,1-5,8,10H2/t12-/m1/s1. The number of carbonyl (C=O) groups excluding carboxylic acids is 1. The van der Waals surface area contributed by atoms with Crippen molar-refractivity contribution in [1.29, 1.82) is 0 Å². The van der Waals surface area contributed by atoms with Gasteiger partial charge in [0.05, 0.1) is 6.54 Å². The zero-order chi connectivity index (χ0) is 13.9. The summed E-state index contributed by atoms with van der Waals surface area (Å²) in [4.78, 5) is 18.2. The molecule has 0 spiro atoms. The van der Waals surface area contributed by atoms with E-state index in [1.165, 1.54) is 6.42 Å². The fraction of sp³-hybridized carbons (Fsp3) is 0.600. The van der Waals surface area contributed by atoms with E-state index in [1.54, 1.807) is 18.5 Å². The lowest BCUT2D eigenvalue weighted by molar-refractivity contribution is -0.140. The van der Waals surface area contributed by atoms with E-state index in [1.807, 2.05) is 4.90 Å². The molecule has 0 bridgehead atoms. The number of nitrogens with zero attached hydrogens (tertiary/aromatic N) is 2. The maximum Gasteiger partial charge on any atom is 0.225 e. The van der Waals surface area contributed by atoms with Gasteiger partial charge in [-0.3, -0.25) is 9.78 Å². The minimum absolute atomic E-state index is 0.0349. The second kappa shape index (κ2) is 6.00. The van der Waals surface area contributed by atoms with E-state index in [9.17, 15) is 4.79 Å². The predicted octanol–water partition coefficient (Wildman–Crippen LogP) is 2.90. The summed E-state index contributed by atoms with van der Waals surface area (Å²) in [7, 11) is 0. The quantitative estimate of drug-likeness (QED) is 0.861. The van der Waals surface area contributed by atoms with Gasteiger partial charge in [0.1, 0.15) is 16.9 Å². The van der Waals surface area contributed by atoms with Crippen molar-refractivity contribution in [2.45, 2.75) is 38.2 Å². The second-order valence-electron chi connectivity index (χ2n) is 5.60. The number of piperidine rings is 1. The number of pyridine rings is 1. The van der Waals surface area contributed by atoms with Gasteiger partial charge in [-0.2, -0.15) is 0 Å². The summed E-state index contributed by atoms with van der Waals surface area (Å²) >= 11 is 6.06. The maximum absolute atomic E-state index is 12.3. The van der Waals surface area contributed by atoms with Crippen LogP contribution in [0.3, 0.4) is 0 Å². The van der Waals surface area contributed by atoms with Crippen molar-refractivity contribution in [3.05, 3.63) is 23.5 Å². The average molecular weight is 295 g/mol. The molecule has 1 aromatic rings. The van der Waals surface area contributed by atoms with Crippen molar-refractivity contribution in [2.24, 2.45) is 5.92 Å². The summed E-state index contributed by atoms with van der Waals surface area (Å²) in [6.07, 6.45) is 8.54. The zero-order valence-electron chi connectivity index (χ0n) is 11.4. The van der Waals surface area contributed by atoms with Crippen LogP contribution >= 0.6 is 11.6 Å². The Bertz CT molecular complexity index is 491. The largest absolute Gasteiger partial charge is 0.487 e. The first-order chi connectivity index (χ1) is 9.74. The first-order valence-electron chi connectivity index (χ1n) is 7.29. The monoisotopic (exact) mass is 294 g/mol. The molecule has 2 aliphatic rings. The van der Waals surface area contributed by atoms with Crippen molar-refractivity contribution < 1.29 is 9.53 Å². The Kier molecular flexibility index (Phi) is 4.10. The topological polar surface area (TPSA) is 42.4 Å². The number of ether oxygens (including phenoxy) is 1. The normalized spacial score (nSPS) is 23.2. The van der Waals surface area contributed by atoms with E-state index < -0.39 is 0 Å². The summed E-state index contributed by atoms with van der Waals surface area (Å²) < 4.78 is 5.93. The van der Waals surface area contributed by atoms with E-state index in [4.69, 9.17) is 16.3 Å². The molecule has 0 N–H and O–H groups in total. The molecule has 5 heteroatoms. The van der Waals surface area contributed by atoms with Gasteiger partial charge in [0.25, 0.3) is 0 Å². The van der Waals surface area contributed by atoms with Gasteiger partial charge in [0, 0.05) is 30.9 Å². The number of amides is 1. The van der Waals surface area contributed by atoms with Crippen molar-refractivity contribution in [1.82, 2.24) is 9.88 Å². The Balaban J connectivity index is 1.60. The Labute approximate surface area is 124 Å². The molecule has 1 saturated carbocycles. The van der Waals surface area contributed by atoms with Crippen LogP contribution in [0.15, 0.2) is 18.5 Å². The average Bonchev–Trinajstić information content (AvgIpc) is 2.40. The van der Waals surface area contributed by atoms with Crippen LogP contribution in [0, 0.1) is 5.92 Å². The highest BCUT2D eigenvalue weighted by Crippen LogP contribution is 2.30. The Morgan fingerprint density at radius 2 is 2.20 bits per heavy atom. The molecule has 2 fully saturated rings. The Morgan fingerprint density at radius 1 is 1.35 bits per heavy atom. The number of carbonyl (C=O) groups is 1. The van der Waals surface area contributed by atoms with E-state index in [-0.39, 0.29) is 12.0 Å². The summed E-state index contributed by atoms with van der Waals surface area (Å²) in [5, 5.41) is 0.523. The third-order valence-electron chi connectivity index (χ3n) is 4.17. The van der Waals surface area contributed by atoms with Crippen LogP contribution in [0.2, 0.25) is 5.02 Å². The van der Waals surface area contributed by atoms with Gasteiger partial charge in [-0.15, -0.1) is 0 Å². The van der Waals surface area contributed by atoms with E-state index in [2.05, 4.69) is 4.98 Å². The molecule has 20 heavy (non-hydrogen) atoms. The summed E-state index contributed by atoms with van der Waals surface area (Å²) in [5.41, 5.74) is 0. The molecule has 1 atom stereocenters. The van der Waals surface area contributed by atoms with Crippen LogP contribution in [0.25, 0.3) is 0 Å². The number of hydrogen-bond acceptors (Lipinski definition) is 3. The minimum atomic E-state index is 0.0349. The van der Waals surface area contributed by atoms with Crippen LogP contribution in [-0.2, 0) is 4.79 Å². The van der Waals surface area contributed by atoms with Crippen LogP contribution in [-0.4, -0.2) is 35.0 Å². The number of rotatable bonds is 3. The predicted molar refractivity (Wildman–Crippen MR) is 76.8 cm³/mol. The van der Waals surface area contributed by atoms with E-state index >= 15 is 0 Å². The highest BCUT2D eigenvalue weighted by atomic mass is 35.5. The Morgan fingerprint density at radius 3 is 2.90 bits per heavy atom. The van der Waals surface area contributed by atoms with Crippen LogP contribution in [0.4, 0.5) is 0 Å². The minimum Gasteiger partial charge on any atom is -0.487 e. The lowest BCUT2D eigenvalue weighted by Gasteiger charge is -2.37. The van der Waals surface area contributed by atoms with Crippen LogP contribution in [0.1, 0.15) is 32.1 Å². The lowest BCUT2D eigenvalue weighted by atomic mass is 9.84. The number of aromatic nitrogens is 1. The number of hydrogen-bond donors (Lipinski definition) is 0. The van der Waals surface area contributed by atoms with Crippen LogP contribution in [0.5, 0.6) is 5.75 Å². The first kappa shape index (κ1) is 13.7. The maximum atomic E-state index is 12.3. The smallest absolute Gasteiger partial charge is 0.225 e. The molecule has 1 amide bonds. The van der Waals surface area contributed by atoms with Crippen molar-refractivity contribution >= 4 is 17.5 Å². The van der Waals surface area contributed by atoms with Gasteiger partial charge in [-0.05, 0) is 25.7 Å². The van der Waals surface area contributed by atoms with Crippen molar-refractivity contribution in [3.63, 3.8) is 0 Å².